The molecule has 1 aliphatic rings. The number of aromatic amines is 1. The number of fused-ring (bicyclic) bond motifs is 1. The van der Waals surface area contributed by atoms with Gasteiger partial charge in [-0.2, -0.15) is 0 Å². The topological polar surface area (TPSA) is 36.9 Å². The van der Waals surface area contributed by atoms with Gasteiger partial charge in [0.2, 0.25) is 0 Å². The summed E-state index contributed by atoms with van der Waals surface area (Å²) in [4.78, 5) is 10.2. The zero-order valence-corrected chi connectivity index (χ0v) is 13.2. The Morgan fingerprint density at radius 2 is 2.05 bits per heavy atom. The van der Waals surface area contributed by atoms with Gasteiger partial charge >= 0.3 is 0 Å². The minimum atomic E-state index is 0.670. The summed E-state index contributed by atoms with van der Waals surface area (Å²) in [6, 6.07) is 6.64. The van der Waals surface area contributed by atoms with Gasteiger partial charge < -0.3 is 14.5 Å². The van der Waals surface area contributed by atoms with Gasteiger partial charge in [-0.25, -0.2) is 4.98 Å². The standard InChI is InChI=1S/C18H22N4/c1-13-19-7-10-22(13)15-3-4-18-16(11-15)17(12-20-18)14-5-8-21(2)9-6-14/h3-4,7,10-12,14,20H,5-6,8-9H2,1-2H3. The number of nitrogens with one attached hydrogen (secondary N) is 1. The molecule has 1 fully saturated rings. The zero-order valence-electron chi connectivity index (χ0n) is 13.2. The van der Waals surface area contributed by atoms with Crippen LogP contribution in [0.25, 0.3) is 16.6 Å². The van der Waals surface area contributed by atoms with Crippen LogP contribution in [-0.2, 0) is 0 Å². The number of H-pyrrole nitrogens is 1. The fourth-order valence-corrected chi connectivity index (χ4v) is 3.59. The zero-order chi connectivity index (χ0) is 15.1. The van der Waals surface area contributed by atoms with Crippen molar-refractivity contribution in [1.82, 2.24) is 19.4 Å². The van der Waals surface area contributed by atoms with E-state index in [-0.39, 0.29) is 0 Å². The number of aryl methyl sites for hydroxylation is 1. The lowest BCUT2D eigenvalue weighted by Gasteiger charge is -2.28. The summed E-state index contributed by atoms with van der Waals surface area (Å²) in [7, 11) is 2.21. The number of benzene rings is 1. The van der Waals surface area contributed by atoms with Crippen LogP contribution < -0.4 is 0 Å². The molecular weight excluding hydrogens is 272 g/mol. The summed E-state index contributed by atoms with van der Waals surface area (Å²) in [5.74, 6) is 1.69. The van der Waals surface area contributed by atoms with Gasteiger partial charge in [0.15, 0.2) is 0 Å². The minimum absolute atomic E-state index is 0.670. The largest absolute Gasteiger partial charge is 0.361 e. The van der Waals surface area contributed by atoms with E-state index in [2.05, 4.69) is 50.9 Å². The molecule has 0 unspecified atom stereocenters. The Morgan fingerprint density at radius 1 is 1.23 bits per heavy atom. The van der Waals surface area contributed by atoms with Crippen molar-refractivity contribution >= 4 is 10.9 Å². The number of likely N-dealkylation sites (tertiary alicyclic amines) is 1. The van der Waals surface area contributed by atoms with Crippen LogP contribution in [0.1, 0.15) is 30.1 Å². The highest BCUT2D eigenvalue weighted by molar-refractivity contribution is 5.85. The second-order valence-electron chi connectivity index (χ2n) is 6.40. The van der Waals surface area contributed by atoms with Gasteiger partial charge in [-0.3, -0.25) is 0 Å². The molecule has 4 heteroatoms. The van der Waals surface area contributed by atoms with Crippen LogP contribution in [0.3, 0.4) is 0 Å². The Hall–Kier alpha value is -2.07. The predicted octanol–water partition coefficient (Wildman–Crippen LogP) is 3.47. The molecule has 22 heavy (non-hydrogen) atoms. The highest BCUT2D eigenvalue weighted by Crippen LogP contribution is 2.33. The number of piperidine rings is 1. The van der Waals surface area contributed by atoms with Crippen LogP contribution in [0.2, 0.25) is 0 Å². The summed E-state index contributed by atoms with van der Waals surface area (Å²) in [5, 5.41) is 1.36. The third-order valence-electron chi connectivity index (χ3n) is 4.96. The van der Waals surface area contributed by atoms with Crippen LogP contribution in [0.5, 0.6) is 0 Å². The molecule has 0 atom stereocenters. The van der Waals surface area contributed by atoms with Gasteiger partial charge in [0.05, 0.1) is 0 Å². The van der Waals surface area contributed by atoms with Crippen molar-refractivity contribution in [2.24, 2.45) is 0 Å². The van der Waals surface area contributed by atoms with Gasteiger partial charge in [-0.1, -0.05) is 0 Å². The van der Waals surface area contributed by atoms with Crippen LogP contribution in [-0.4, -0.2) is 39.6 Å². The molecule has 1 N–H and O–H groups in total. The molecule has 114 valence electrons. The average Bonchev–Trinajstić information content (AvgIpc) is 3.13. The summed E-state index contributed by atoms with van der Waals surface area (Å²) in [6.45, 7) is 4.43. The van der Waals surface area contributed by atoms with Crippen molar-refractivity contribution in [3.8, 4) is 5.69 Å². The van der Waals surface area contributed by atoms with E-state index in [0.29, 0.717) is 5.92 Å². The molecule has 0 saturated carbocycles. The van der Waals surface area contributed by atoms with E-state index >= 15 is 0 Å². The molecule has 1 saturated heterocycles. The lowest BCUT2D eigenvalue weighted by Crippen LogP contribution is -2.29. The molecule has 4 nitrogen and oxygen atoms in total. The third-order valence-corrected chi connectivity index (χ3v) is 4.96. The quantitative estimate of drug-likeness (QED) is 0.785. The van der Waals surface area contributed by atoms with Gasteiger partial charge in [0, 0.05) is 35.2 Å². The summed E-state index contributed by atoms with van der Waals surface area (Å²) in [5.41, 5.74) is 3.90. The van der Waals surface area contributed by atoms with E-state index in [4.69, 9.17) is 0 Å². The molecule has 0 amide bonds. The van der Waals surface area contributed by atoms with Crippen LogP contribution in [0.15, 0.2) is 36.8 Å². The molecule has 2 aromatic heterocycles. The Balaban J connectivity index is 1.75. The lowest BCUT2D eigenvalue weighted by atomic mass is 9.89. The maximum Gasteiger partial charge on any atom is 0.110 e. The van der Waals surface area contributed by atoms with E-state index in [0.717, 1.165) is 5.82 Å². The van der Waals surface area contributed by atoms with Crippen molar-refractivity contribution < 1.29 is 0 Å². The first-order valence-electron chi connectivity index (χ1n) is 8.02. The first-order chi connectivity index (χ1) is 10.7. The number of hydrogen-bond acceptors (Lipinski definition) is 2. The summed E-state index contributed by atoms with van der Waals surface area (Å²) in [6.07, 6.45) is 8.59. The Kier molecular flexibility index (Phi) is 3.26. The van der Waals surface area contributed by atoms with Crippen LogP contribution in [0, 0.1) is 6.92 Å². The molecule has 0 bridgehead atoms. The maximum atomic E-state index is 4.33. The van der Waals surface area contributed by atoms with Crippen LogP contribution >= 0.6 is 0 Å². The average molecular weight is 294 g/mol. The lowest BCUT2D eigenvalue weighted by molar-refractivity contribution is 0.256. The minimum Gasteiger partial charge on any atom is -0.361 e. The van der Waals surface area contributed by atoms with E-state index in [9.17, 15) is 0 Å². The molecule has 4 rings (SSSR count). The second kappa shape index (κ2) is 5.29. The highest BCUT2D eigenvalue weighted by atomic mass is 15.1. The molecule has 0 aliphatic carbocycles. The van der Waals surface area contributed by atoms with Gasteiger partial charge in [0.25, 0.3) is 0 Å². The second-order valence-corrected chi connectivity index (χ2v) is 6.40. The maximum absolute atomic E-state index is 4.33. The van der Waals surface area contributed by atoms with Crippen molar-refractivity contribution in [2.75, 3.05) is 20.1 Å². The van der Waals surface area contributed by atoms with Crippen molar-refractivity contribution in [3.05, 3.63) is 48.2 Å². The van der Waals surface area contributed by atoms with E-state index < -0.39 is 0 Å². The fourth-order valence-electron chi connectivity index (χ4n) is 3.59. The molecular formula is C18H22N4. The van der Waals surface area contributed by atoms with Crippen molar-refractivity contribution in [1.29, 1.82) is 0 Å². The molecule has 0 spiro atoms. The third kappa shape index (κ3) is 2.24. The molecule has 1 aromatic carbocycles. The Labute approximate surface area is 130 Å². The van der Waals surface area contributed by atoms with E-state index in [1.165, 1.54) is 48.1 Å². The monoisotopic (exact) mass is 294 g/mol. The number of rotatable bonds is 2. The molecule has 3 heterocycles. The van der Waals surface area contributed by atoms with Crippen molar-refractivity contribution in [3.63, 3.8) is 0 Å². The SMILES string of the molecule is Cc1nccn1-c1ccc2[nH]cc(C3CCN(C)CC3)c2c1. The number of aromatic nitrogens is 3. The number of hydrogen-bond donors (Lipinski definition) is 1. The van der Waals surface area contributed by atoms with Gasteiger partial charge in [-0.15, -0.1) is 0 Å². The van der Waals surface area contributed by atoms with Gasteiger partial charge in [-0.05, 0) is 69.6 Å². The van der Waals surface area contributed by atoms with Gasteiger partial charge in [0.1, 0.15) is 5.82 Å². The molecule has 3 aromatic rings. The Bertz CT molecular complexity index is 790. The predicted molar refractivity (Wildman–Crippen MR) is 89.6 cm³/mol. The van der Waals surface area contributed by atoms with E-state index in [1.54, 1.807) is 0 Å². The number of imidazole rings is 1. The normalized spacial score (nSPS) is 17.4. The molecule has 0 radical (unpaired) electrons. The van der Waals surface area contributed by atoms with Crippen LogP contribution in [0.4, 0.5) is 0 Å². The Morgan fingerprint density at radius 3 is 2.77 bits per heavy atom. The highest BCUT2D eigenvalue weighted by Gasteiger charge is 2.21. The fraction of sp³-hybridized carbons (Fsp3) is 0.389. The summed E-state index contributed by atoms with van der Waals surface area (Å²) >= 11 is 0. The smallest absolute Gasteiger partial charge is 0.110 e. The first-order valence-corrected chi connectivity index (χ1v) is 8.02. The summed E-state index contributed by atoms with van der Waals surface area (Å²) < 4.78 is 2.14. The first kappa shape index (κ1) is 13.6. The van der Waals surface area contributed by atoms with Crippen molar-refractivity contribution in [2.45, 2.75) is 25.7 Å². The van der Waals surface area contributed by atoms with E-state index in [1.807, 2.05) is 19.3 Å². The number of nitrogens with zero attached hydrogens (tertiary/aromatic N) is 3. The molecule has 1 aliphatic heterocycles.